The summed E-state index contributed by atoms with van der Waals surface area (Å²) in [4.78, 5) is 20.1. The first-order chi connectivity index (χ1) is 16.6. The van der Waals surface area contributed by atoms with E-state index in [9.17, 15) is 38.4 Å². The molecule has 0 saturated carbocycles. The molecule has 2 aliphatic heterocycles. The zero-order valence-corrected chi connectivity index (χ0v) is 19.1. The highest BCUT2D eigenvalue weighted by Crippen LogP contribution is 2.48. The number of hydrogen-bond acceptors (Lipinski definition) is 7. The molecule has 8 nitrogen and oxygen atoms in total. The van der Waals surface area contributed by atoms with Crippen LogP contribution in [0, 0.1) is 0 Å². The minimum absolute atomic E-state index is 0.0394. The van der Waals surface area contributed by atoms with Crippen LogP contribution in [0.25, 0.3) is 0 Å². The van der Waals surface area contributed by atoms with E-state index in [1.165, 1.54) is 11.0 Å². The first-order valence-electron chi connectivity index (χ1n) is 11.6. The number of hydrogen-bond donors (Lipinski definition) is 4. The van der Waals surface area contributed by atoms with Crippen LogP contribution in [0.5, 0.6) is 23.0 Å². The molecule has 0 bridgehead atoms. The molecule has 35 heavy (non-hydrogen) atoms. The highest BCUT2D eigenvalue weighted by atomic mass is 19.4. The molecule has 4 N–H and O–H groups in total. The fourth-order valence-electron chi connectivity index (χ4n) is 4.76. The van der Waals surface area contributed by atoms with E-state index < -0.39 is 34.9 Å². The standard InChI is InChI=1S/C24H28F3N3O5/c25-24(26,27)17-8-7-14(23(28-17)29-10-2-1-3-11-29)5-4-6-18(31)30-12-9-15-16(13-30)20(33)22(35)21(34)19(15)32/h7-8,32-35H,1-6,9-13H2. The van der Waals surface area contributed by atoms with Crippen molar-refractivity contribution in [3.05, 3.63) is 34.5 Å². The SMILES string of the molecule is O=C(CCCc1ccc(C(F)(F)F)nc1N1CCCCC1)N1CCc2c(O)c(O)c(O)c(O)c2C1. The number of halogens is 3. The molecule has 0 atom stereocenters. The molecule has 4 rings (SSSR count). The highest BCUT2D eigenvalue weighted by molar-refractivity contribution is 5.77. The molecule has 3 heterocycles. The van der Waals surface area contributed by atoms with Gasteiger partial charge in [0.25, 0.3) is 0 Å². The molecule has 2 aliphatic rings. The van der Waals surface area contributed by atoms with Gasteiger partial charge in [-0.1, -0.05) is 6.07 Å². The van der Waals surface area contributed by atoms with Gasteiger partial charge in [0.2, 0.25) is 17.4 Å². The van der Waals surface area contributed by atoms with E-state index in [0.717, 1.165) is 25.3 Å². The molecule has 0 radical (unpaired) electrons. The van der Waals surface area contributed by atoms with Crippen molar-refractivity contribution in [2.45, 2.75) is 57.7 Å². The summed E-state index contributed by atoms with van der Waals surface area (Å²) in [6.07, 6.45) is -0.618. The second-order valence-electron chi connectivity index (χ2n) is 9.00. The number of phenols is 4. The van der Waals surface area contributed by atoms with E-state index in [4.69, 9.17) is 0 Å². The first kappa shape index (κ1) is 24.7. The van der Waals surface area contributed by atoms with E-state index in [0.29, 0.717) is 37.3 Å². The molecule has 0 unspecified atom stereocenters. The summed E-state index contributed by atoms with van der Waals surface area (Å²) in [7, 11) is 0. The van der Waals surface area contributed by atoms with Gasteiger partial charge in [-0.2, -0.15) is 13.2 Å². The Labute approximate surface area is 200 Å². The molecule has 0 spiro atoms. The number of amides is 1. The lowest BCUT2D eigenvalue weighted by molar-refractivity contribution is -0.141. The fourth-order valence-corrected chi connectivity index (χ4v) is 4.76. The van der Waals surface area contributed by atoms with Crippen molar-refractivity contribution in [2.75, 3.05) is 24.5 Å². The molecular weight excluding hydrogens is 467 g/mol. The fraction of sp³-hybridized carbons (Fsp3) is 0.500. The molecule has 0 aliphatic carbocycles. The van der Waals surface area contributed by atoms with Crippen molar-refractivity contribution in [2.24, 2.45) is 0 Å². The number of fused-ring (bicyclic) bond motifs is 1. The predicted molar refractivity (Wildman–Crippen MR) is 120 cm³/mol. The smallest absolute Gasteiger partial charge is 0.433 e. The van der Waals surface area contributed by atoms with Crippen LogP contribution >= 0.6 is 0 Å². The lowest BCUT2D eigenvalue weighted by atomic mass is 9.96. The maximum Gasteiger partial charge on any atom is 0.433 e. The maximum atomic E-state index is 13.2. The van der Waals surface area contributed by atoms with Gasteiger partial charge in [-0.05, 0) is 50.2 Å². The molecule has 11 heteroatoms. The van der Waals surface area contributed by atoms with Crippen LogP contribution in [0.2, 0.25) is 0 Å². The lowest BCUT2D eigenvalue weighted by Crippen LogP contribution is -2.36. The molecule has 1 saturated heterocycles. The number of anilines is 1. The lowest BCUT2D eigenvalue weighted by Gasteiger charge is -2.31. The van der Waals surface area contributed by atoms with Crippen LogP contribution in [-0.4, -0.2) is 55.9 Å². The zero-order chi connectivity index (χ0) is 25.3. The Hall–Kier alpha value is -3.37. The number of carbonyl (C=O) groups is 1. The molecule has 1 amide bonds. The number of alkyl halides is 3. The van der Waals surface area contributed by atoms with Gasteiger partial charge in [0.05, 0.1) is 0 Å². The van der Waals surface area contributed by atoms with Gasteiger partial charge in [-0.15, -0.1) is 0 Å². The van der Waals surface area contributed by atoms with Crippen LogP contribution in [0.1, 0.15) is 54.5 Å². The third-order valence-corrected chi connectivity index (χ3v) is 6.68. The summed E-state index contributed by atoms with van der Waals surface area (Å²) >= 11 is 0. The van der Waals surface area contributed by atoms with E-state index in [1.807, 2.05) is 4.90 Å². The number of aromatic nitrogens is 1. The average molecular weight is 495 g/mol. The summed E-state index contributed by atoms with van der Waals surface area (Å²) in [6.45, 7) is 1.50. The number of carbonyl (C=O) groups excluding carboxylic acids is 1. The summed E-state index contributed by atoms with van der Waals surface area (Å²) in [5, 5.41) is 39.7. The largest absolute Gasteiger partial charge is 0.504 e. The predicted octanol–water partition coefficient (Wildman–Crippen LogP) is 3.82. The van der Waals surface area contributed by atoms with Crippen LogP contribution in [0.15, 0.2) is 12.1 Å². The van der Waals surface area contributed by atoms with Crippen molar-refractivity contribution < 1.29 is 38.4 Å². The quantitative estimate of drug-likeness (QED) is 0.368. The van der Waals surface area contributed by atoms with Crippen molar-refractivity contribution in [3.63, 3.8) is 0 Å². The summed E-state index contributed by atoms with van der Waals surface area (Å²) in [5.41, 5.74) is 0.197. The number of aryl methyl sites for hydroxylation is 1. The van der Waals surface area contributed by atoms with Crippen LogP contribution in [0.4, 0.5) is 19.0 Å². The Kier molecular flexibility index (Phi) is 6.86. The van der Waals surface area contributed by atoms with Gasteiger partial charge < -0.3 is 30.2 Å². The Bertz CT molecular complexity index is 1120. The van der Waals surface area contributed by atoms with E-state index in [1.54, 1.807) is 0 Å². The van der Waals surface area contributed by atoms with E-state index in [-0.39, 0.29) is 43.0 Å². The molecule has 190 valence electrons. The van der Waals surface area contributed by atoms with Gasteiger partial charge >= 0.3 is 6.18 Å². The number of pyridine rings is 1. The molecule has 1 aromatic heterocycles. The number of phenolic OH excluding ortho intramolecular Hbond substituents is 4. The minimum atomic E-state index is -4.53. The Morgan fingerprint density at radius 2 is 1.57 bits per heavy atom. The summed E-state index contributed by atoms with van der Waals surface area (Å²) in [5.74, 6) is -2.61. The summed E-state index contributed by atoms with van der Waals surface area (Å²) in [6, 6.07) is 2.42. The molecule has 1 fully saturated rings. The number of aromatic hydroxyl groups is 4. The van der Waals surface area contributed by atoms with E-state index in [2.05, 4.69) is 4.98 Å². The minimum Gasteiger partial charge on any atom is -0.504 e. The topological polar surface area (TPSA) is 117 Å². The Balaban J connectivity index is 1.43. The molecule has 2 aromatic rings. The van der Waals surface area contributed by atoms with Crippen molar-refractivity contribution in [1.29, 1.82) is 0 Å². The van der Waals surface area contributed by atoms with Crippen molar-refractivity contribution >= 4 is 11.7 Å². The maximum absolute atomic E-state index is 13.2. The van der Waals surface area contributed by atoms with E-state index >= 15 is 0 Å². The third-order valence-electron chi connectivity index (χ3n) is 6.68. The number of rotatable bonds is 5. The van der Waals surface area contributed by atoms with Crippen LogP contribution in [0.3, 0.4) is 0 Å². The van der Waals surface area contributed by atoms with Gasteiger partial charge in [0, 0.05) is 43.7 Å². The monoisotopic (exact) mass is 495 g/mol. The summed E-state index contributed by atoms with van der Waals surface area (Å²) < 4.78 is 39.7. The van der Waals surface area contributed by atoms with Crippen molar-refractivity contribution in [3.8, 4) is 23.0 Å². The van der Waals surface area contributed by atoms with Crippen molar-refractivity contribution in [1.82, 2.24) is 9.88 Å². The third kappa shape index (κ3) is 5.03. The van der Waals surface area contributed by atoms with Gasteiger partial charge in [-0.25, -0.2) is 4.98 Å². The molecule has 1 aromatic carbocycles. The number of benzene rings is 1. The van der Waals surface area contributed by atoms with Gasteiger partial charge in [0.1, 0.15) is 11.5 Å². The Morgan fingerprint density at radius 3 is 2.23 bits per heavy atom. The highest BCUT2D eigenvalue weighted by Gasteiger charge is 2.34. The van der Waals surface area contributed by atoms with Crippen LogP contribution < -0.4 is 4.90 Å². The molecular formula is C24H28F3N3O5. The first-order valence-corrected chi connectivity index (χ1v) is 11.6. The van der Waals surface area contributed by atoms with Gasteiger partial charge in [0.15, 0.2) is 11.5 Å². The normalized spacial score (nSPS) is 16.3. The van der Waals surface area contributed by atoms with Crippen LogP contribution in [-0.2, 0) is 30.4 Å². The van der Waals surface area contributed by atoms with Gasteiger partial charge in [-0.3, -0.25) is 4.79 Å². The zero-order valence-electron chi connectivity index (χ0n) is 19.1. The Morgan fingerprint density at radius 1 is 0.914 bits per heavy atom. The second-order valence-corrected chi connectivity index (χ2v) is 9.00. The number of piperidine rings is 1. The second kappa shape index (κ2) is 9.71. The average Bonchev–Trinajstić information content (AvgIpc) is 2.85. The number of nitrogens with zero attached hydrogens (tertiary/aromatic N) is 3.